The van der Waals surface area contributed by atoms with Crippen LogP contribution in [0.25, 0.3) is 0 Å². The van der Waals surface area contributed by atoms with Crippen LogP contribution in [0.2, 0.25) is 0 Å². The van der Waals surface area contributed by atoms with Crippen LogP contribution in [0.15, 0.2) is 36.4 Å². The summed E-state index contributed by atoms with van der Waals surface area (Å²) in [7, 11) is 3.86. The number of fused-ring (bicyclic) bond motifs is 3. The lowest BCUT2D eigenvalue weighted by molar-refractivity contribution is -0.351. The lowest BCUT2D eigenvalue weighted by Crippen LogP contribution is -2.83. The molecule has 3 spiro atoms. The predicted molar refractivity (Wildman–Crippen MR) is 124 cm³/mol. The van der Waals surface area contributed by atoms with Gasteiger partial charge in [0.05, 0.1) is 31.3 Å². The molecule has 6 aliphatic rings. The normalized spacial score (nSPS) is 37.5. The van der Waals surface area contributed by atoms with E-state index in [-0.39, 0.29) is 11.5 Å². The van der Waals surface area contributed by atoms with E-state index in [1.165, 1.54) is 16.7 Å². The molecule has 4 atom stereocenters. The first-order chi connectivity index (χ1) is 16.5. The zero-order chi connectivity index (χ0) is 22.9. The van der Waals surface area contributed by atoms with Crippen molar-refractivity contribution in [3.8, 4) is 11.5 Å². The Morgan fingerprint density at radius 1 is 1.03 bits per heavy atom. The Labute approximate surface area is 199 Å². The van der Waals surface area contributed by atoms with Crippen LogP contribution < -0.4 is 9.47 Å². The second-order valence-electron chi connectivity index (χ2n) is 11.4. The van der Waals surface area contributed by atoms with E-state index in [9.17, 15) is 5.11 Å². The van der Waals surface area contributed by atoms with Gasteiger partial charge in [0.1, 0.15) is 0 Å². The minimum absolute atomic E-state index is 0.0264. The first-order valence-corrected chi connectivity index (χ1v) is 12.6. The molecule has 3 aliphatic carbocycles. The van der Waals surface area contributed by atoms with Gasteiger partial charge in [0.2, 0.25) is 5.79 Å². The summed E-state index contributed by atoms with van der Waals surface area (Å²) in [5.74, 6) is 0.619. The summed E-state index contributed by atoms with van der Waals surface area (Å²) in [6.45, 7) is 2.01. The Kier molecular flexibility index (Phi) is 3.65. The minimum Gasteiger partial charge on any atom is -0.493 e. The lowest BCUT2D eigenvalue weighted by Gasteiger charge is -2.69. The maximum absolute atomic E-state index is 13.0. The third-order valence-corrected chi connectivity index (χ3v) is 10.3. The highest BCUT2D eigenvalue weighted by atomic mass is 16.8. The Morgan fingerprint density at radius 3 is 2.47 bits per heavy atom. The number of hydrogen-bond acceptors (Lipinski definition) is 6. The number of methoxy groups -OCH3 is 1. The first-order valence-electron chi connectivity index (χ1n) is 12.6. The Hall–Kier alpha value is -2.12. The molecule has 2 unspecified atom stereocenters. The number of rotatable bonds is 1. The SMILES string of the molecule is COc1ccc2c3c1OC1C4(OCCO4)C4(Cc5ccccc5C4)CC4(O)[C@@H](C2)N(C)CC[C@]314. The quantitative estimate of drug-likeness (QED) is 0.705. The van der Waals surface area contributed by atoms with Gasteiger partial charge in [-0.15, -0.1) is 0 Å². The van der Waals surface area contributed by atoms with Gasteiger partial charge in [-0.3, -0.25) is 0 Å². The van der Waals surface area contributed by atoms with E-state index < -0.39 is 22.9 Å². The molecule has 0 amide bonds. The van der Waals surface area contributed by atoms with E-state index in [1.54, 1.807) is 7.11 Å². The average Bonchev–Trinajstić information content (AvgIpc) is 3.53. The van der Waals surface area contributed by atoms with Crippen LogP contribution in [0, 0.1) is 5.41 Å². The molecule has 3 aliphatic heterocycles. The van der Waals surface area contributed by atoms with E-state index in [0.717, 1.165) is 49.3 Å². The van der Waals surface area contributed by atoms with Gasteiger partial charge < -0.3 is 29.0 Å². The fourth-order valence-corrected chi connectivity index (χ4v) is 9.06. The Bertz CT molecular complexity index is 1200. The molecule has 6 heteroatoms. The largest absolute Gasteiger partial charge is 0.493 e. The van der Waals surface area contributed by atoms with Crippen molar-refractivity contribution in [2.45, 2.75) is 61.1 Å². The summed E-state index contributed by atoms with van der Waals surface area (Å²) in [4.78, 5) is 2.37. The molecule has 0 aromatic heterocycles. The molecule has 34 heavy (non-hydrogen) atoms. The highest BCUT2D eigenvalue weighted by Crippen LogP contribution is 2.73. The maximum Gasteiger partial charge on any atom is 0.213 e. The summed E-state index contributed by atoms with van der Waals surface area (Å²) in [5, 5.41) is 13.0. The molecular weight excluding hydrogens is 430 g/mol. The second kappa shape index (κ2) is 6.16. The predicted octanol–water partition coefficient (Wildman–Crippen LogP) is 2.62. The first kappa shape index (κ1) is 20.1. The zero-order valence-corrected chi connectivity index (χ0v) is 19.8. The van der Waals surface area contributed by atoms with E-state index >= 15 is 0 Å². The topological polar surface area (TPSA) is 60.4 Å². The molecule has 2 bridgehead atoms. The van der Waals surface area contributed by atoms with Crippen molar-refractivity contribution in [1.29, 1.82) is 0 Å². The van der Waals surface area contributed by atoms with Crippen LogP contribution in [0.4, 0.5) is 0 Å². The molecule has 0 radical (unpaired) electrons. The molecule has 178 valence electrons. The van der Waals surface area contributed by atoms with Gasteiger partial charge in [-0.1, -0.05) is 30.3 Å². The zero-order valence-electron chi connectivity index (χ0n) is 19.8. The Morgan fingerprint density at radius 2 is 1.76 bits per heavy atom. The van der Waals surface area contributed by atoms with Crippen molar-refractivity contribution in [3.63, 3.8) is 0 Å². The Balaban J connectivity index is 1.42. The number of hydrogen-bond donors (Lipinski definition) is 1. The van der Waals surface area contributed by atoms with Gasteiger partial charge in [-0.2, -0.15) is 0 Å². The number of nitrogens with zero attached hydrogens (tertiary/aromatic N) is 1. The number of benzene rings is 2. The highest BCUT2D eigenvalue weighted by molar-refractivity contribution is 5.64. The highest BCUT2D eigenvalue weighted by Gasteiger charge is 2.83. The summed E-state index contributed by atoms with van der Waals surface area (Å²) in [5.41, 5.74) is 3.17. The van der Waals surface area contributed by atoms with Gasteiger partial charge in [0, 0.05) is 17.0 Å². The number of piperidine rings is 1. The monoisotopic (exact) mass is 461 g/mol. The maximum atomic E-state index is 13.0. The summed E-state index contributed by atoms with van der Waals surface area (Å²) >= 11 is 0. The molecule has 2 saturated heterocycles. The molecule has 1 saturated carbocycles. The molecule has 2 aromatic carbocycles. The van der Waals surface area contributed by atoms with E-state index in [4.69, 9.17) is 18.9 Å². The molecule has 6 nitrogen and oxygen atoms in total. The van der Waals surface area contributed by atoms with Gasteiger partial charge >= 0.3 is 0 Å². The molecule has 8 rings (SSSR count). The molecular formula is C28H31NO5. The minimum atomic E-state index is -0.947. The van der Waals surface area contributed by atoms with Gasteiger partial charge in [0.25, 0.3) is 0 Å². The van der Waals surface area contributed by atoms with Crippen LogP contribution in [0.1, 0.15) is 35.1 Å². The third-order valence-electron chi connectivity index (χ3n) is 10.3. The number of ether oxygens (including phenoxy) is 4. The van der Waals surface area contributed by atoms with Crippen molar-refractivity contribution in [2.75, 3.05) is 33.9 Å². The molecule has 3 heterocycles. The van der Waals surface area contributed by atoms with Crippen LogP contribution in [-0.2, 0) is 34.2 Å². The smallest absolute Gasteiger partial charge is 0.213 e. The third kappa shape index (κ3) is 1.96. The van der Waals surface area contributed by atoms with E-state index in [2.05, 4.69) is 42.3 Å². The summed E-state index contributed by atoms with van der Waals surface area (Å²) in [6, 6.07) is 12.9. The molecule has 2 aromatic rings. The summed E-state index contributed by atoms with van der Waals surface area (Å²) < 4.78 is 26.2. The number of likely N-dealkylation sites (N-methyl/N-ethyl adjacent to an activating group) is 1. The molecule has 1 N–H and O–H groups in total. The fraction of sp³-hybridized carbons (Fsp3) is 0.571. The van der Waals surface area contributed by atoms with E-state index in [1.807, 2.05) is 6.07 Å². The average molecular weight is 462 g/mol. The van der Waals surface area contributed by atoms with Crippen molar-refractivity contribution in [2.24, 2.45) is 5.41 Å². The number of aliphatic hydroxyl groups is 1. The molecule has 3 fully saturated rings. The lowest BCUT2D eigenvalue weighted by atomic mass is 9.43. The van der Waals surface area contributed by atoms with Crippen molar-refractivity contribution < 1.29 is 24.1 Å². The number of likely N-dealkylation sites (tertiary alicyclic amines) is 1. The van der Waals surface area contributed by atoms with Crippen LogP contribution in [-0.4, -0.2) is 67.5 Å². The summed E-state index contributed by atoms with van der Waals surface area (Å²) in [6.07, 6.45) is 3.51. The standard InChI is InChI=1S/C28H31NO5/c1-29-10-9-26-22-17-7-8-20(31-2)23(22)34-24(26)28(32-11-12-33-28)25(16-27(26,30)21(29)13-17)14-18-5-3-4-6-19(18)15-25/h3-8,21,24,30H,9-16H2,1-2H3/t21-,24?,26+,27?/m1/s1. The van der Waals surface area contributed by atoms with Gasteiger partial charge in [-0.05, 0) is 68.5 Å². The fourth-order valence-electron chi connectivity index (χ4n) is 9.06. The van der Waals surface area contributed by atoms with Crippen LogP contribution >= 0.6 is 0 Å². The van der Waals surface area contributed by atoms with Crippen molar-refractivity contribution in [1.82, 2.24) is 4.90 Å². The van der Waals surface area contributed by atoms with E-state index in [0.29, 0.717) is 19.6 Å². The van der Waals surface area contributed by atoms with Crippen LogP contribution in [0.5, 0.6) is 11.5 Å². The second-order valence-corrected chi connectivity index (χ2v) is 11.4. The van der Waals surface area contributed by atoms with Crippen molar-refractivity contribution in [3.05, 3.63) is 58.7 Å². The van der Waals surface area contributed by atoms with Gasteiger partial charge in [-0.25, -0.2) is 0 Å². The van der Waals surface area contributed by atoms with Crippen molar-refractivity contribution >= 4 is 0 Å². The van der Waals surface area contributed by atoms with Gasteiger partial charge in [0.15, 0.2) is 17.6 Å². The van der Waals surface area contributed by atoms with Crippen LogP contribution in [0.3, 0.4) is 0 Å².